The van der Waals surface area contributed by atoms with Gasteiger partial charge in [0.15, 0.2) is 0 Å². The minimum Gasteiger partial charge on any atom is -0.384 e. The largest absolute Gasteiger partial charge is 0.384 e. The number of hydrogen-bond acceptors (Lipinski definition) is 1. The molecule has 100 valence electrons. The SMILES string of the molecule is COCC(C)(C)C(C)C1CC2CCCC(C2)C1. The van der Waals surface area contributed by atoms with E-state index < -0.39 is 0 Å². The van der Waals surface area contributed by atoms with E-state index in [1.165, 1.54) is 38.5 Å². The van der Waals surface area contributed by atoms with E-state index in [1.807, 2.05) is 7.11 Å². The molecule has 2 fully saturated rings. The molecule has 0 aromatic carbocycles. The van der Waals surface area contributed by atoms with Crippen molar-refractivity contribution in [1.29, 1.82) is 0 Å². The smallest absolute Gasteiger partial charge is 0.0516 e. The zero-order chi connectivity index (χ0) is 12.5. The van der Waals surface area contributed by atoms with Crippen LogP contribution in [-0.2, 0) is 4.74 Å². The summed E-state index contributed by atoms with van der Waals surface area (Å²) in [7, 11) is 1.84. The van der Waals surface area contributed by atoms with Crippen LogP contribution in [0.2, 0.25) is 0 Å². The lowest BCUT2D eigenvalue weighted by molar-refractivity contribution is 0.00781. The Labute approximate surface area is 107 Å². The summed E-state index contributed by atoms with van der Waals surface area (Å²) in [6, 6.07) is 0. The lowest BCUT2D eigenvalue weighted by Gasteiger charge is -2.45. The Morgan fingerprint density at radius 2 is 1.71 bits per heavy atom. The minimum absolute atomic E-state index is 0.338. The monoisotopic (exact) mass is 238 g/mol. The fourth-order valence-corrected chi connectivity index (χ4v) is 4.33. The Balaban J connectivity index is 1.97. The molecule has 2 rings (SSSR count). The summed E-state index contributed by atoms with van der Waals surface area (Å²) in [6.07, 6.45) is 9.02. The average molecular weight is 238 g/mol. The number of fused-ring (bicyclic) bond motifs is 2. The molecule has 0 aromatic rings. The molecular formula is C16H30O. The molecule has 2 aliphatic carbocycles. The van der Waals surface area contributed by atoms with Gasteiger partial charge in [0.1, 0.15) is 0 Å². The topological polar surface area (TPSA) is 9.23 Å². The van der Waals surface area contributed by atoms with E-state index >= 15 is 0 Å². The number of ether oxygens (including phenoxy) is 1. The molecule has 0 aromatic heterocycles. The fourth-order valence-electron chi connectivity index (χ4n) is 4.33. The van der Waals surface area contributed by atoms with Crippen molar-refractivity contribution in [2.24, 2.45) is 29.1 Å². The minimum atomic E-state index is 0.338. The molecule has 17 heavy (non-hydrogen) atoms. The zero-order valence-electron chi connectivity index (χ0n) is 12.2. The van der Waals surface area contributed by atoms with Gasteiger partial charge in [-0.05, 0) is 48.3 Å². The highest BCUT2D eigenvalue weighted by Gasteiger charge is 2.39. The van der Waals surface area contributed by atoms with Crippen molar-refractivity contribution < 1.29 is 4.74 Å². The molecule has 1 heteroatoms. The molecule has 0 saturated heterocycles. The van der Waals surface area contributed by atoms with Crippen molar-refractivity contribution in [3.05, 3.63) is 0 Å². The number of hydrogen-bond donors (Lipinski definition) is 0. The lowest BCUT2D eigenvalue weighted by Crippen LogP contribution is -2.37. The highest BCUT2D eigenvalue weighted by molar-refractivity contribution is 4.89. The average Bonchev–Trinajstić information content (AvgIpc) is 2.27. The molecule has 1 nitrogen and oxygen atoms in total. The van der Waals surface area contributed by atoms with E-state index in [4.69, 9.17) is 4.74 Å². The normalized spacial score (nSPS) is 35.6. The maximum atomic E-state index is 5.41. The van der Waals surface area contributed by atoms with Crippen molar-refractivity contribution >= 4 is 0 Å². The zero-order valence-corrected chi connectivity index (χ0v) is 12.2. The Bertz CT molecular complexity index is 234. The molecule has 2 bridgehead atoms. The highest BCUT2D eigenvalue weighted by atomic mass is 16.5. The Morgan fingerprint density at radius 3 is 2.24 bits per heavy atom. The van der Waals surface area contributed by atoms with Crippen molar-refractivity contribution in [3.63, 3.8) is 0 Å². The molecule has 0 heterocycles. The van der Waals surface area contributed by atoms with E-state index in [0.29, 0.717) is 5.41 Å². The summed E-state index contributed by atoms with van der Waals surface area (Å²) in [5.41, 5.74) is 0.338. The van der Waals surface area contributed by atoms with Crippen LogP contribution in [0.15, 0.2) is 0 Å². The van der Waals surface area contributed by atoms with Gasteiger partial charge in [-0.2, -0.15) is 0 Å². The Hall–Kier alpha value is -0.0400. The van der Waals surface area contributed by atoms with E-state index in [-0.39, 0.29) is 0 Å². The van der Waals surface area contributed by atoms with Crippen LogP contribution in [0.5, 0.6) is 0 Å². The first-order valence-corrected chi connectivity index (χ1v) is 7.52. The van der Waals surface area contributed by atoms with E-state index in [0.717, 1.165) is 30.3 Å². The molecule has 0 N–H and O–H groups in total. The van der Waals surface area contributed by atoms with Crippen LogP contribution in [0.4, 0.5) is 0 Å². The maximum absolute atomic E-state index is 5.41. The highest BCUT2D eigenvalue weighted by Crippen LogP contribution is 2.48. The molecule has 0 spiro atoms. The van der Waals surface area contributed by atoms with Gasteiger partial charge in [-0.25, -0.2) is 0 Å². The molecule has 0 amide bonds. The first-order valence-electron chi connectivity index (χ1n) is 7.52. The second-order valence-electron chi connectivity index (χ2n) is 7.34. The van der Waals surface area contributed by atoms with Gasteiger partial charge in [-0.1, -0.05) is 40.0 Å². The van der Waals surface area contributed by atoms with Gasteiger partial charge in [-0.15, -0.1) is 0 Å². The third-order valence-corrected chi connectivity index (χ3v) is 5.62. The van der Waals surface area contributed by atoms with Crippen molar-refractivity contribution in [2.75, 3.05) is 13.7 Å². The summed E-state index contributed by atoms with van der Waals surface area (Å²) < 4.78 is 5.41. The summed E-state index contributed by atoms with van der Waals surface area (Å²) in [4.78, 5) is 0. The summed E-state index contributed by atoms with van der Waals surface area (Å²) in [5, 5.41) is 0. The van der Waals surface area contributed by atoms with Crippen LogP contribution >= 0.6 is 0 Å². The van der Waals surface area contributed by atoms with E-state index in [2.05, 4.69) is 20.8 Å². The second-order valence-corrected chi connectivity index (χ2v) is 7.34. The van der Waals surface area contributed by atoms with Gasteiger partial charge >= 0.3 is 0 Å². The van der Waals surface area contributed by atoms with Crippen LogP contribution < -0.4 is 0 Å². The van der Waals surface area contributed by atoms with Crippen LogP contribution in [0.25, 0.3) is 0 Å². The Kier molecular flexibility index (Phi) is 4.18. The fraction of sp³-hybridized carbons (Fsp3) is 1.00. The van der Waals surface area contributed by atoms with Crippen LogP contribution in [0, 0.1) is 29.1 Å². The van der Waals surface area contributed by atoms with E-state index in [1.54, 1.807) is 0 Å². The maximum Gasteiger partial charge on any atom is 0.0516 e. The van der Waals surface area contributed by atoms with Crippen molar-refractivity contribution in [1.82, 2.24) is 0 Å². The van der Waals surface area contributed by atoms with Crippen molar-refractivity contribution in [2.45, 2.75) is 59.3 Å². The quantitative estimate of drug-likeness (QED) is 0.700. The summed E-state index contributed by atoms with van der Waals surface area (Å²) in [5.74, 6) is 3.84. The predicted octanol–water partition coefficient (Wildman–Crippen LogP) is 4.51. The van der Waals surface area contributed by atoms with E-state index in [9.17, 15) is 0 Å². The summed E-state index contributed by atoms with van der Waals surface area (Å²) in [6.45, 7) is 8.13. The van der Waals surface area contributed by atoms with Crippen LogP contribution in [-0.4, -0.2) is 13.7 Å². The molecule has 3 unspecified atom stereocenters. The number of rotatable bonds is 4. The lowest BCUT2D eigenvalue weighted by atomic mass is 9.61. The van der Waals surface area contributed by atoms with Crippen LogP contribution in [0.3, 0.4) is 0 Å². The molecule has 2 aliphatic rings. The molecule has 0 aliphatic heterocycles. The molecule has 0 radical (unpaired) electrons. The van der Waals surface area contributed by atoms with Gasteiger partial charge in [0, 0.05) is 7.11 Å². The number of methoxy groups -OCH3 is 1. The molecule has 2 saturated carbocycles. The van der Waals surface area contributed by atoms with Gasteiger partial charge in [0.05, 0.1) is 6.61 Å². The van der Waals surface area contributed by atoms with Gasteiger partial charge in [-0.3, -0.25) is 0 Å². The predicted molar refractivity (Wildman–Crippen MR) is 73.0 cm³/mol. The first kappa shape index (κ1) is 13.4. The molecule has 3 atom stereocenters. The Morgan fingerprint density at radius 1 is 1.12 bits per heavy atom. The van der Waals surface area contributed by atoms with Crippen molar-refractivity contribution in [3.8, 4) is 0 Å². The molecular weight excluding hydrogens is 208 g/mol. The van der Waals surface area contributed by atoms with Gasteiger partial charge < -0.3 is 4.74 Å². The van der Waals surface area contributed by atoms with Gasteiger partial charge in [0.2, 0.25) is 0 Å². The van der Waals surface area contributed by atoms with Gasteiger partial charge in [0.25, 0.3) is 0 Å². The third-order valence-electron chi connectivity index (χ3n) is 5.62. The van der Waals surface area contributed by atoms with Crippen LogP contribution in [0.1, 0.15) is 59.3 Å². The first-order chi connectivity index (χ1) is 8.03. The third kappa shape index (κ3) is 3.05. The standard InChI is InChI=1S/C16H30O/c1-12(16(2,3)11-17-4)15-9-13-6-5-7-14(8-13)10-15/h12-15H,5-11H2,1-4H3. The second kappa shape index (κ2) is 5.30. The summed E-state index contributed by atoms with van der Waals surface area (Å²) >= 11 is 0.